The molecule has 1 atom stereocenters. The van der Waals surface area contributed by atoms with Crippen LogP contribution in [0, 0.1) is 12.8 Å². The summed E-state index contributed by atoms with van der Waals surface area (Å²) < 4.78 is 2.05. The van der Waals surface area contributed by atoms with Crippen molar-refractivity contribution >= 4 is 11.0 Å². The first-order valence-electron chi connectivity index (χ1n) is 9.45. The van der Waals surface area contributed by atoms with Gasteiger partial charge in [-0.3, -0.25) is 5.10 Å². The predicted molar refractivity (Wildman–Crippen MR) is 104 cm³/mol. The van der Waals surface area contributed by atoms with Gasteiger partial charge in [-0.15, -0.1) is 10.2 Å². The number of aryl methyl sites for hydroxylation is 2. The molecule has 6 heteroatoms. The van der Waals surface area contributed by atoms with Crippen LogP contribution in [-0.4, -0.2) is 29.9 Å². The molecule has 1 aliphatic carbocycles. The minimum atomic E-state index is 0.278. The monoisotopic (exact) mass is 358 g/mol. The summed E-state index contributed by atoms with van der Waals surface area (Å²) in [5, 5.41) is 17.2. The van der Waals surface area contributed by atoms with E-state index in [1.165, 1.54) is 24.8 Å². The van der Waals surface area contributed by atoms with Gasteiger partial charge < -0.3 is 4.57 Å². The van der Waals surface area contributed by atoms with Crippen molar-refractivity contribution < 1.29 is 0 Å². The smallest absolute Gasteiger partial charge is 0.181 e. The second-order valence-corrected chi connectivity index (χ2v) is 7.58. The molecule has 3 heterocycles. The van der Waals surface area contributed by atoms with Crippen molar-refractivity contribution in [2.75, 3.05) is 0 Å². The number of pyridine rings is 1. The van der Waals surface area contributed by atoms with Crippen molar-refractivity contribution in [3.63, 3.8) is 0 Å². The number of aromatic nitrogens is 6. The lowest BCUT2D eigenvalue weighted by atomic mass is 9.72. The van der Waals surface area contributed by atoms with Gasteiger partial charge in [0.2, 0.25) is 0 Å². The van der Waals surface area contributed by atoms with E-state index in [-0.39, 0.29) is 5.92 Å². The van der Waals surface area contributed by atoms with Crippen LogP contribution in [0.4, 0.5) is 0 Å². The SMILES string of the molecule is Cc1cnc2n[nH]c(-c3cccc(C(c4nncn4C)C4CCC4)c3)c2c1. The molecule has 4 aromatic rings. The molecule has 27 heavy (non-hydrogen) atoms. The van der Waals surface area contributed by atoms with Gasteiger partial charge in [-0.1, -0.05) is 24.6 Å². The minimum absolute atomic E-state index is 0.278. The molecule has 1 aromatic carbocycles. The second-order valence-electron chi connectivity index (χ2n) is 7.58. The van der Waals surface area contributed by atoms with Crippen LogP contribution < -0.4 is 0 Å². The average molecular weight is 358 g/mol. The molecule has 0 radical (unpaired) electrons. The van der Waals surface area contributed by atoms with Crippen molar-refractivity contribution in [1.29, 1.82) is 0 Å². The molecule has 0 amide bonds. The topological polar surface area (TPSA) is 72.3 Å². The molecule has 0 spiro atoms. The average Bonchev–Trinajstić information content (AvgIpc) is 3.24. The normalized spacial score (nSPS) is 15.8. The molecule has 0 saturated heterocycles. The van der Waals surface area contributed by atoms with E-state index in [0.717, 1.165) is 33.7 Å². The van der Waals surface area contributed by atoms with Gasteiger partial charge in [0, 0.05) is 30.1 Å². The molecule has 3 aromatic heterocycles. The fourth-order valence-electron chi connectivity index (χ4n) is 4.09. The number of nitrogens with one attached hydrogen (secondary N) is 1. The fraction of sp³-hybridized carbons (Fsp3) is 0.333. The number of benzene rings is 1. The molecule has 1 unspecified atom stereocenters. The van der Waals surface area contributed by atoms with E-state index in [0.29, 0.717) is 5.92 Å². The molecule has 1 aliphatic rings. The largest absolute Gasteiger partial charge is 0.320 e. The Kier molecular flexibility index (Phi) is 3.77. The predicted octanol–water partition coefficient (Wildman–Crippen LogP) is 3.99. The number of fused-ring (bicyclic) bond motifs is 1. The summed E-state index contributed by atoms with van der Waals surface area (Å²) in [6.07, 6.45) is 7.44. The van der Waals surface area contributed by atoms with Gasteiger partial charge in [-0.2, -0.15) is 5.10 Å². The molecule has 1 N–H and O–H groups in total. The number of H-pyrrole nitrogens is 1. The van der Waals surface area contributed by atoms with Crippen molar-refractivity contribution in [2.45, 2.75) is 32.1 Å². The molecule has 0 bridgehead atoms. The first kappa shape index (κ1) is 16.2. The van der Waals surface area contributed by atoms with Crippen molar-refractivity contribution in [2.24, 2.45) is 13.0 Å². The maximum Gasteiger partial charge on any atom is 0.181 e. The molecule has 1 fully saturated rings. The summed E-state index contributed by atoms with van der Waals surface area (Å²) in [6.45, 7) is 2.06. The molecule has 6 nitrogen and oxygen atoms in total. The van der Waals surface area contributed by atoms with Gasteiger partial charge >= 0.3 is 0 Å². The van der Waals surface area contributed by atoms with E-state index in [1.54, 1.807) is 6.33 Å². The van der Waals surface area contributed by atoms with Gasteiger partial charge in [0.05, 0.1) is 5.69 Å². The number of rotatable bonds is 4. The maximum absolute atomic E-state index is 4.43. The van der Waals surface area contributed by atoms with Crippen LogP contribution in [0.25, 0.3) is 22.3 Å². The third-order valence-electron chi connectivity index (χ3n) is 5.73. The number of hydrogen-bond donors (Lipinski definition) is 1. The Labute approximate surface area is 157 Å². The Balaban J connectivity index is 1.62. The first-order valence-corrected chi connectivity index (χ1v) is 9.45. The highest BCUT2D eigenvalue weighted by Crippen LogP contribution is 2.43. The van der Waals surface area contributed by atoms with Gasteiger partial charge in [0.25, 0.3) is 0 Å². The number of hydrogen-bond acceptors (Lipinski definition) is 4. The number of aromatic amines is 1. The van der Waals surface area contributed by atoms with Crippen LogP contribution in [0.2, 0.25) is 0 Å². The van der Waals surface area contributed by atoms with E-state index in [4.69, 9.17) is 0 Å². The Bertz CT molecular complexity index is 1100. The number of nitrogens with zero attached hydrogens (tertiary/aromatic N) is 5. The van der Waals surface area contributed by atoms with E-state index in [9.17, 15) is 0 Å². The minimum Gasteiger partial charge on any atom is -0.320 e. The van der Waals surface area contributed by atoms with Crippen LogP contribution in [0.5, 0.6) is 0 Å². The Hall–Kier alpha value is -3.02. The Morgan fingerprint density at radius 2 is 2.11 bits per heavy atom. The summed E-state index contributed by atoms with van der Waals surface area (Å²) in [5.41, 5.74) is 5.33. The first-order chi connectivity index (χ1) is 13.2. The lowest BCUT2D eigenvalue weighted by Gasteiger charge is -2.33. The summed E-state index contributed by atoms with van der Waals surface area (Å²) in [6, 6.07) is 10.9. The van der Waals surface area contributed by atoms with Crippen LogP contribution in [0.15, 0.2) is 42.9 Å². The van der Waals surface area contributed by atoms with Crippen molar-refractivity contribution in [3.05, 3.63) is 59.8 Å². The van der Waals surface area contributed by atoms with Crippen molar-refractivity contribution in [1.82, 2.24) is 29.9 Å². The molecule has 1 saturated carbocycles. The lowest BCUT2D eigenvalue weighted by molar-refractivity contribution is 0.274. The fourth-order valence-corrected chi connectivity index (χ4v) is 4.09. The highest BCUT2D eigenvalue weighted by atomic mass is 15.2. The van der Waals surface area contributed by atoms with Crippen LogP contribution in [-0.2, 0) is 7.05 Å². The van der Waals surface area contributed by atoms with Crippen LogP contribution in [0.3, 0.4) is 0 Å². The van der Waals surface area contributed by atoms with Gasteiger partial charge in [-0.25, -0.2) is 4.98 Å². The summed E-state index contributed by atoms with van der Waals surface area (Å²) in [4.78, 5) is 4.42. The van der Waals surface area contributed by atoms with Crippen LogP contribution >= 0.6 is 0 Å². The third kappa shape index (κ3) is 2.72. The molecule has 136 valence electrons. The van der Waals surface area contributed by atoms with E-state index < -0.39 is 0 Å². The zero-order valence-corrected chi connectivity index (χ0v) is 15.6. The standard InChI is InChI=1S/C21H22N6/c1-13-9-17-19(24-25-20(17)22-11-13)16-8-4-7-15(10-16)18(14-5-3-6-14)21-26-23-12-27(21)2/h4,7-12,14,18H,3,5-6H2,1-2H3,(H,22,24,25). The highest BCUT2D eigenvalue weighted by Gasteiger charge is 2.33. The van der Waals surface area contributed by atoms with E-state index in [2.05, 4.69) is 67.2 Å². The molecule has 0 aliphatic heterocycles. The molecular formula is C21H22N6. The summed E-state index contributed by atoms with van der Waals surface area (Å²) >= 11 is 0. The van der Waals surface area contributed by atoms with Gasteiger partial charge in [0.1, 0.15) is 12.2 Å². The Morgan fingerprint density at radius 3 is 2.85 bits per heavy atom. The summed E-state index contributed by atoms with van der Waals surface area (Å²) in [5.74, 6) is 1.95. The Morgan fingerprint density at radius 1 is 1.22 bits per heavy atom. The molecule has 5 rings (SSSR count). The zero-order valence-electron chi connectivity index (χ0n) is 15.6. The third-order valence-corrected chi connectivity index (χ3v) is 5.73. The lowest BCUT2D eigenvalue weighted by Crippen LogP contribution is -2.23. The highest BCUT2D eigenvalue weighted by molar-refractivity contribution is 5.91. The summed E-state index contributed by atoms with van der Waals surface area (Å²) in [7, 11) is 2.03. The maximum atomic E-state index is 4.43. The second kappa shape index (κ2) is 6.30. The van der Waals surface area contributed by atoms with E-state index in [1.807, 2.05) is 13.2 Å². The van der Waals surface area contributed by atoms with Gasteiger partial charge in [0.15, 0.2) is 5.65 Å². The van der Waals surface area contributed by atoms with Crippen molar-refractivity contribution in [3.8, 4) is 11.3 Å². The quantitative estimate of drug-likeness (QED) is 0.599. The molecular weight excluding hydrogens is 336 g/mol. The van der Waals surface area contributed by atoms with E-state index >= 15 is 0 Å². The van der Waals surface area contributed by atoms with Gasteiger partial charge in [-0.05, 0) is 48.9 Å². The zero-order chi connectivity index (χ0) is 18.4. The van der Waals surface area contributed by atoms with Crippen LogP contribution in [0.1, 0.15) is 42.1 Å².